The summed E-state index contributed by atoms with van der Waals surface area (Å²) >= 11 is 0. The fourth-order valence-corrected chi connectivity index (χ4v) is 1.25. The lowest BCUT2D eigenvalue weighted by molar-refractivity contribution is 0.307. The first-order valence-electron chi connectivity index (χ1n) is 5.91. The average molecular weight is 200 g/mol. The first-order chi connectivity index (χ1) is 6.52. The van der Waals surface area contributed by atoms with Gasteiger partial charge in [0.05, 0.1) is 0 Å². The lowest BCUT2D eigenvalue weighted by atomic mass is 10.1. The van der Waals surface area contributed by atoms with Gasteiger partial charge in [0, 0.05) is 13.1 Å². The van der Waals surface area contributed by atoms with Crippen LogP contribution in [0.1, 0.15) is 34.1 Å². The lowest BCUT2D eigenvalue weighted by Crippen LogP contribution is -2.32. The first-order valence-corrected chi connectivity index (χ1v) is 5.91. The summed E-state index contributed by atoms with van der Waals surface area (Å²) in [7, 11) is 2.21. The van der Waals surface area contributed by atoms with Crippen molar-refractivity contribution in [1.29, 1.82) is 0 Å². The Hall–Kier alpha value is -0.0800. The Labute approximate surface area is 90.1 Å². The topological polar surface area (TPSA) is 15.3 Å². The van der Waals surface area contributed by atoms with E-state index in [0.29, 0.717) is 0 Å². The molecule has 0 unspecified atom stereocenters. The third-order valence-corrected chi connectivity index (χ3v) is 2.31. The van der Waals surface area contributed by atoms with Crippen molar-refractivity contribution in [2.24, 2.45) is 11.8 Å². The van der Waals surface area contributed by atoms with Crippen molar-refractivity contribution in [3.8, 4) is 0 Å². The minimum atomic E-state index is 0.760. The Morgan fingerprint density at radius 2 is 1.64 bits per heavy atom. The maximum Gasteiger partial charge on any atom is 0.0104 e. The van der Waals surface area contributed by atoms with Crippen LogP contribution in [0.15, 0.2) is 0 Å². The highest BCUT2D eigenvalue weighted by molar-refractivity contribution is 4.57. The Bertz CT molecular complexity index is 121. The molecule has 0 saturated carbocycles. The van der Waals surface area contributed by atoms with Crippen molar-refractivity contribution >= 4 is 0 Å². The lowest BCUT2D eigenvalue weighted by Gasteiger charge is -2.18. The molecule has 0 aromatic rings. The summed E-state index contributed by atoms with van der Waals surface area (Å²) in [5.74, 6) is 1.58. The zero-order valence-corrected chi connectivity index (χ0v) is 10.6. The zero-order valence-electron chi connectivity index (χ0n) is 10.6. The van der Waals surface area contributed by atoms with Crippen LogP contribution in [-0.2, 0) is 0 Å². The molecular weight excluding hydrogens is 172 g/mol. The van der Waals surface area contributed by atoms with Crippen LogP contribution >= 0.6 is 0 Å². The van der Waals surface area contributed by atoms with E-state index < -0.39 is 0 Å². The van der Waals surface area contributed by atoms with Gasteiger partial charge in [-0.05, 0) is 38.4 Å². The molecule has 1 N–H and O–H groups in total. The molecule has 0 rings (SSSR count). The molecule has 0 fully saturated rings. The van der Waals surface area contributed by atoms with Gasteiger partial charge in [0.2, 0.25) is 0 Å². The van der Waals surface area contributed by atoms with E-state index in [1.165, 1.54) is 19.5 Å². The van der Waals surface area contributed by atoms with E-state index in [0.717, 1.165) is 24.9 Å². The molecule has 0 aliphatic carbocycles. The molecule has 0 spiro atoms. The Morgan fingerprint density at radius 1 is 1.00 bits per heavy atom. The van der Waals surface area contributed by atoms with Gasteiger partial charge in [-0.3, -0.25) is 0 Å². The maximum atomic E-state index is 3.46. The van der Waals surface area contributed by atoms with Crippen molar-refractivity contribution in [3.05, 3.63) is 0 Å². The second-order valence-corrected chi connectivity index (χ2v) is 5.08. The van der Waals surface area contributed by atoms with E-state index in [9.17, 15) is 0 Å². The molecule has 0 aromatic carbocycles. The molecular formula is C12H28N2. The van der Waals surface area contributed by atoms with Gasteiger partial charge in [-0.2, -0.15) is 0 Å². The molecule has 2 heteroatoms. The minimum absolute atomic E-state index is 0.760. The van der Waals surface area contributed by atoms with Crippen LogP contribution in [0, 0.1) is 11.8 Å². The van der Waals surface area contributed by atoms with Crippen LogP contribution in [0.2, 0.25) is 0 Å². The molecule has 0 saturated heterocycles. The van der Waals surface area contributed by atoms with Crippen LogP contribution in [0.25, 0.3) is 0 Å². The highest BCUT2D eigenvalue weighted by Crippen LogP contribution is 1.99. The summed E-state index contributed by atoms with van der Waals surface area (Å²) in [4.78, 5) is 2.41. The Balaban J connectivity index is 3.22. The van der Waals surface area contributed by atoms with Gasteiger partial charge < -0.3 is 10.2 Å². The van der Waals surface area contributed by atoms with E-state index in [4.69, 9.17) is 0 Å². The average Bonchev–Trinajstić information content (AvgIpc) is 2.08. The fourth-order valence-electron chi connectivity index (χ4n) is 1.25. The molecule has 0 radical (unpaired) electrons. The van der Waals surface area contributed by atoms with Gasteiger partial charge in [-0.25, -0.2) is 0 Å². The predicted octanol–water partition coefficient (Wildman–Crippen LogP) is 2.21. The van der Waals surface area contributed by atoms with E-state index in [2.05, 4.69) is 45.0 Å². The SMILES string of the molecule is CC(C)CCN(C)CCNCC(C)C. The predicted molar refractivity (Wildman–Crippen MR) is 64.7 cm³/mol. The van der Waals surface area contributed by atoms with Crippen LogP contribution in [0.3, 0.4) is 0 Å². The molecule has 0 aliphatic heterocycles. The zero-order chi connectivity index (χ0) is 11.0. The Kier molecular flexibility index (Phi) is 8.20. The summed E-state index contributed by atoms with van der Waals surface area (Å²) in [6, 6.07) is 0. The molecule has 14 heavy (non-hydrogen) atoms. The van der Waals surface area contributed by atoms with Gasteiger partial charge in [0.25, 0.3) is 0 Å². The summed E-state index contributed by atoms with van der Waals surface area (Å²) < 4.78 is 0. The quantitative estimate of drug-likeness (QED) is 0.604. The standard InChI is InChI=1S/C12H28N2/c1-11(2)6-8-14(5)9-7-13-10-12(3)4/h11-13H,6-10H2,1-5H3. The van der Waals surface area contributed by atoms with Gasteiger partial charge in [-0.1, -0.05) is 27.7 Å². The third kappa shape index (κ3) is 10.0. The van der Waals surface area contributed by atoms with Crippen molar-refractivity contribution in [2.75, 3.05) is 33.2 Å². The first kappa shape index (κ1) is 13.9. The molecule has 0 heterocycles. The van der Waals surface area contributed by atoms with Crippen LogP contribution in [0.5, 0.6) is 0 Å². The molecule has 0 amide bonds. The molecule has 86 valence electrons. The van der Waals surface area contributed by atoms with Crippen molar-refractivity contribution in [3.63, 3.8) is 0 Å². The minimum Gasteiger partial charge on any atom is -0.315 e. The largest absolute Gasteiger partial charge is 0.315 e. The number of likely N-dealkylation sites (N-methyl/N-ethyl adjacent to an activating group) is 1. The van der Waals surface area contributed by atoms with E-state index in [-0.39, 0.29) is 0 Å². The van der Waals surface area contributed by atoms with Crippen LogP contribution < -0.4 is 5.32 Å². The highest BCUT2D eigenvalue weighted by atomic mass is 15.1. The second-order valence-electron chi connectivity index (χ2n) is 5.08. The molecule has 0 bridgehead atoms. The van der Waals surface area contributed by atoms with Gasteiger partial charge in [0.15, 0.2) is 0 Å². The summed E-state index contributed by atoms with van der Waals surface area (Å²) in [5.41, 5.74) is 0. The second kappa shape index (κ2) is 8.25. The van der Waals surface area contributed by atoms with E-state index in [1.54, 1.807) is 0 Å². The summed E-state index contributed by atoms with van der Waals surface area (Å²) in [6.45, 7) is 13.7. The molecule has 0 atom stereocenters. The van der Waals surface area contributed by atoms with Crippen LogP contribution in [0.4, 0.5) is 0 Å². The summed E-state index contributed by atoms with van der Waals surface area (Å²) in [5, 5.41) is 3.46. The van der Waals surface area contributed by atoms with Crippen LogP contribution in [-0.4, -0.2) is 38.1 Å². The fraction of sp³-hybridized carbons (Fsp3) is 1.00. The highest BCUT2D eigenvalue weighted by Gasteiger charge is 2.00. The Morgan fingerprint density at radius 3 is 2.14 bits per heavy atom. The molecule has 0 aliphatic rings. The number of hydrogen-bond donors (Lipinski definition) is 1. The van der Waals surface area contributed by atoms with E-state index in [1.807, 2.05) is 0 Å². The summed E-state index contributed by atoms with van der Waals surface area (Å²) in [6.07, 6.45) is 1.31. The normalized spacial score (nSPS) is 12.0. The maximum absolute atomic E-state index is 3.46. The van der Waals surface area contributed by atoms with Crippen molar-refractivity contribution < 1.29 is 0 Å². The van der Waals surface area contributed by atoms with E-state index >= 15 is 0 Å². The monoisotopic (exact) mass is 200 g/mol. The molecule has 0 aromatic heterocycles. The third-order valence-electron chi connectivity index (χ3n) is 2.31. The van der Waals surface area contributed by atoms with Crippen molar-refractivity contribution in [2.45, 2.75) is 34.1 Å². The molecule has 2 nitrogen and oxygen atoms in total. The van der Waals surface area contributed by atoms with Gasteiger partial charge in [-0.15, -0.1) is 0 Å². The number of hydrogen-bond acceptors (Lipinski definition) is 2. The number of rotatable bonds is 8. The number of nitrogens with zero attached hydrogens (tertiary/aromatic N) is 1. The van der Waals surface area contributed by atoms with Gasteiger partial charge in [0.1, 0.15) is 0 Å². The van der Waals surface area contributed by atoms with Gasteiger partial charge >= 0.3 is 0 Å². The van der Waals surface area contributed by atoms with Crippen molar-refractivity contribution in [1.82, 2.24) is 10.2 Å². The number of nitrogens with one attached hydrogen (secondary N) is 1. The smallest absolute Gasteiger partial charge is 0.0104 e.